The fourth-order valence-corrected chi connectivity index (χ4v) is 2.40. The van der Waals surface area contributed by atoms with E-state index >= 15 is 0 Å². The Kier molecular flexibility index (Phi) is 9.42. The van der Waals surface area contributed by atoms with E-state index in [0.717, 1.165) is 52.4 Å². The van der Waals surface area contributed by atoms with Gasteiger partial charge in [-0.1, -0.05) is 30.3 Å². The number of ether oxygens (including phenoxy) is 1. The zero-order chi connectivity index (χ0) is 14.9. The van der Waals surface area contributed by atoms with E-state index in [0.29, 0.717) is 5.96 Å². The molecule has 0 aliphatic carbocycles. The summed E-state index contributed by atoms with van der Waals surface area (Å²) in [5.41, 5.74) is 7.34. The summed E-state index contributed by atoms with van der Waals surface area (Å²) in [6.45, 7) is 5.97. The van der Waals surface area contributed by atoms with Crippen molar-refractivity contribution in [1.82, 2.24) is 9.80 Å². The fourth-order valence-electron chi connectivity index (χ4n) is 2.40. The molecule has 5 nitrogen and oxygen atoms in total. The quantitative estimate of drug-likeness (QED) is 0.331. The van der Waals surface area contributed by atoms with E-state index in [1.165, 1.54) is 5.56 Å². The van der Waals surface area contributed by atoms with Gasteiger partial charge in [0.2, 0.25) is 0 Å². The average Bonchev–Trinajstić information content (AvgIpc) is 2.53. The maximum absolute atomic E-state index is 6.00. The fraction of sp³-hybridized carbons (Fsp3) is 0.562. The van der Waals surface area contributed by atoms with Crippen LogP contribution < -0.4 is 5.73 Å². The number of morpholine rings is 1. The topological polar surface area (TPSA) is 54.1 Å². The smallest absolute Gasteiger partial charge is 0.191 e. The van der Waals surface area contributed by atoms with Crippen molar-refractivity contribution < 1.29 is 4.74 Å². The molecule has 0 unspecified atom stereocenters. The van der Waals surface area contributed by atoms with Crippen LogP contribution in [-0.4, -0.2) is 62.2 Å². The molecular formula is C16H27IN4O. The first kappa shape index (κ1) is 19.2. The molecule has 6 heteroatoms. The second kappa shape index (κ2) is 10.8. The molecular weight excluding hydrogens is 391 g/mol. The largest absolute Gasteiger partial charge is 0.378 e. The second-order valence-electron chi connectivity index (χ2n) is 5.42. The van der Waals surface area contributed by atoms with Crippen LogP contribution in [0.5, 0.6) is 0 Å². The number of benzene rings is 1. The summed E-state index contributed by atoms with van der Waals surface area (Å²) in [7, 11) is 2.14. The SMILES string of the molecule is CN(CCCN=C(N)N1CCOCC1)Cc1ccccc1.I. The van der Waals surface area contributed by atoms with Gasteiger partial charge < -0.3 is 20.3 Å². The zero-order valence-electron chi connectivity index (χ0n) is 13.3. The molecule has 0 spiro atoms. The first-order valence-electron chi connectivity index (χ1n) is 7.61. The van der Waals surface area contributed by atoms with Crippen molar-refractivity contribution in [2.75, 3.05) is 46.4 Å². The highest BCUT2D eigenvalue weighted by Crippen LogP contribution is 2.03. The summed E-state index contributed by atoms with van der Waals surface area (Å²) in [4.78, 5) is 8.87. The molecule has 0 saturated carbocycles. The molecule has 2 rings (SSSR count). The minimum absolute atomic E-state index is 0. The highest BCUT2D eigenvalue weighted by atomic mass is 127. The second-order valence-corrected chi connectivity index (χ2v) is 5.42. The van der Waals surface area contributed by atoms with Gasteiger partial charge in [-0.3, -0.25) is 4.99 Å². The summed E-state index contributed by atoms with van der Waals surface area (Å²) in [6.07, 6.45) is 1.02. The van der Waals surface area contributed by atoms with Crippen LogP contribution in [0.15, 0.2) is 35.3 Å². The number of aliphatic imine (C=N–C) groups is 1. The van der Waals surface area contributed by atoms with Gasteiger partial charge in [0.05, 0.1) is 13.2 Å². The maximum atomic E-state index is 6.00. The third kappa shape index (κ3) is 6.93. The Morgan fingerprint density at radius 3 is 2.64 bits per heavy atom. The average molecular weight is 418 g/mol. The van der Waals surface area contributed by atoms with Gasteiger partial charge in [-0.2, -0.15) is 0 Å². The van der Waals surface area contributed by atoms with Crippen molar-refractivity contribution >= 4 is 29.9 Å². The van der Waals surface area contributed by atoms with Gasteiger partial charge in [0.15, 0.2) is 5.96 Å². The highest BCUT2D eigenvalue weighted by molar-refractivity contribution is 14.0. The van der Waals surface area contributed by atoms with E-state index in [1.807, 2.05) is 6.07 Å². The molecule has 1 heterocycles. The number of guanidine groups is 1. The number of halogens is 1. The van der Waals surface area contributed by atoms with Gasteiger partial charge >= 0.3 is 0 Å². The Hall–Kier alpha value is -0.860. The Morgan fingerprint density at radius 1 is 1.27 bits per heavy atom. The Balaban J connectivity index is 0.00000242. The van der Waals surface area contributed by atoms with Gasteiger partial charge in [-0.05, 0) is 25.6 Å². The van der Waals surface area contributed by atoms with Crippen LogP contribution in [0.2, 0.25) is 0 Å². The third-order valence-corrected chi connectivity index (χ3v) is 3.60. The van der Waals surface area contributed by atoms with Gasteiger partial charge in [-0.15, -0.1) is 24.0 Å². The van der Waals surface area contributed by atoms with Crippen molar-refractivity contribution in [2.45, 2.75) is 13.0 Å². The lowest BCUT2D eigenvalue weighted by Crippen LogP contribution is -2.44. The third-order valence-electron chi connectivity index (χ3n) is 3.60. The van der Waals surface area contributed by atoms with Crippen molar-refractivity contribution in [3.8, 4) is 0 Å². The van der Waals surface area contributed by atoms with Gasteiger partial charge in [-0.25, -0.2) is 0 Å². The van der Waals surface area contributed by atoms with Crippen LogP contribution in [0.25, 0.3) is 0 Å². The highest BCUT2D eigenvalue weighted by Gasteiger charge is 2.11. The molecule has 1 aliphatic heterocycles. The number of nitrogens with two attached hydrogens (primary N) is 1. The van der Waals surface area contributed by atoms with Crippen LogP contribution in [0, 0.1) is 0 Å². The molecule has 0 atom stereocenters. The Bertz CT molecular complexity index is 435. The molecule has 22 heavy (non-hydrogen) atoms. The molecule has 2 N–H and O–H groups in total. The zero-order valence-corrected chi connectivity index (χ0v) is 15.6. The summed E-state index contributed by atoms with van der Waals surface area (Å²) in [5.74, 6) is 0.656. The predicted molar refractivity (Wildman–Crippen MR) is 102 cm³/mol. The maximum Gasteiger partial charge on any atom is 0.191 e. The van der Waals surface area contributed by atoms with Gasteiger partial charge in [0, 0.05) is 26.2 Å². The van der Waals surface area contributed by atoms with E-state index in [-0.39, 0.29) is 24.0 Å². The van der Waals surface area contributed by atoms with Gasteiger partial charge in [0.1, 0.15) is 0 Å². The molecule has 0 radical (unpaired) electrons. The number of hydrogen-bond donors (Lipinski definition) is 1. The first-order valence-corrected chi connectivity index (χ1v) is 7.61. The lowest BCUT2D eigenvalue weighted by Gasteiger charge is -2.27. The number of nitrogens with zero attached hydrogens (tertiary/aromatic N) is 3. The van der Waals surface area contributed by atoms with Gasteiger partial charge in [0.25, 0.3) is 0 Å². The molecule has 124 valence electrons. The summed E-state index contributed by atoms with van der Waals surface area (Å²) < 4.78 is 5.30. The lowest BCUT2D eigenvalue weighted by atomic mass is 10.2. The van der Waals surface area contributed by atoms with Crippen molar-refractivity contribution in [3.63, 3.8) is 0 Å². The van der Waals surface area contributed by atoms with E-state index in [4.69, 9.17) is 10.5 Å². The summed E-state index contributed by atoms with van der Waals surface area (Å²) >= 11 is 0. The Labute approximate surface area is 150 Å². The monoisotopic (exact) mass is 418 g/mol. The van der Waals surface area contributed by atoms with Crippen molar-refractivity contribution in [2.24, 2.45) is 10.7 Å². The molecule has 1 aromatic carbocycles. The number of hydrogen-bond acceptors (Lipinski definition) is 3. The molecule has 1 aliphatic rings. The molecule has 0 aromatic heterocycles. The standard InChI is InChI=1S/C16H26N4O.HI/c1-19(14-15-6-3-2-4-7-15)9-5-8-18-16(17)20-10-12-21-13-11-20;/h2-4,6-7H,5,8-14H2,1H3,(H2,17,18);1H. The van der Waals surface area contributed by atoms with Crippen LogP contribution in [0.4, 0.5) is 0 Å². The van der Waals surface area contributed by atoms with Crippen molar-refractivity contribution in [3.05, 3.63) is 35.9 Å². The minimum atomic E-state index is 0. The summed E-state index contributed by atoms with van der Waals surface area (Å²) in [5, 5.41) is 0. The molecule has 1 saturated heterocycles. The van der Waals surface area contributed by atoms with E-state index in [2.05, 4.69) is 46.1 Å². The summed E-state index contributed by atoms with van der Waals surface area (Å²) in [6, 6.07) is 10.5. The van der Waals surface area contributed by atoms with Crippen LogP contribution in [0.1, 0.15) is 12.0 Å². The predicted octanol–water partition coefficient (Wildman–Crippen LogP) is 1.77. The normalized spacial score (nSPS) is 15.7. The van der Waals surface area contributed by atoms with E-state index in [9.17, 15) is 0 Å². The molecule has 1 fully saturated rings. The first-order chi connectivity index (χ1) is 10.3. The van der Waals surface area contributed by atoms with Crippen LogP contribution in [-0.2, 0) is 11.3 Å². The van der Waals surface area contributed by atoms with Crippen molar-refractivity contribution in [1.29, 1.82) is 0 Å². The number of rotatable bonds is 6. The minimum Gasteiger partial charge on any atom is -0.378 e. The van der Waals surface area contributed by atoms with Crippen LogP contribution in [0.3, 0.4) is 0 Å². The van der Waals surface area contributed by atoms with E-state index in [1.54, 1.807) is 0 Å². The lowest BCUT2D eigenvalue weighted by molar-refractivity contribution is 0.0674. The Morgan fingerprint density at radius 2 is 1.95 bits per heavy atom. The van der Waals surface area contributed by atoms with Crippen LogP contribution >= 0.6 is 24.0 Å². The van der Waals surface area contributed by atoms with E-state index < -0.39 is 0 Å². The molecule has 1 aromatic rings. The molecule has 0 bridgehead atoms. The molecule has 0 amide bonds.